The molecule has 0 aromatic carbocycles. The first-order chi connectivity index (χ1) is 8.19. The lowest BCUT2D eigenvalue weighted by Crippen LogP contribution is -2.22. The summed E-state index contributed by atoms with van der Waals surface area (Å²) >= 11 is 0. The van der Waals surface area contributed by atoms with Crippen LogP contribution in [-0.2, 0) is 6.42 Å². The summed E-state index contributed by atoms with van der Waals surface area (Å²) in [6, 6.07) is 0. The van der Waals surface area contributed by atoms with Crippen molar-refractivity contribution in [3.63, 3.8) is 0 Å². The van der Waals surface area contributed by atoms with Gasteiger partial charge in [-0.1, -0.05) is 13.3 Å². The number of nitrogens with one attached hydrogen (secondary N) is 1. The Bertz CT molecular complexity index is 491. The quantitative estimate of drug-likeness (QED) is 0.851. The molecule has 1 heterocycles. The van der Waals surface area contributed by atoms with Gasteiger partial charge < -0.3 is 4.98 Å². The van der Waals surface area contributed by atoms with E-state index in [2.05, 4.69) is 11.9 Å². The van der Waals surface area contributed by atoms with Crippen molar-refractivity contribution in [2.24, 2.45) is 11.8 Å². The number of H-pyrrole nitrogens is 1. The lowest BCUT2D eigenvalue weighted by Gasteiger charge is -2.21. The largest absolute Gasteiger partial charge is 0.310 e. The highest BCUT2D eigenvalue weighted by Gasteiger charge is 2.41. The predicted octanol–water partition coefficient (Wildman–Crippen LogP) is 2.54. The molecule has 2 fully saturated rings. The minimum atomic E-state index is 0.0645. The van der Waals surface area contributed by atoms with Crippen LogP contribution in [0.3, 0.4) is 0 Å². The third-order valence-electron chi connectivity index (χ3n) is 4.69. The van der Waals surface area contributed by atoms with Crippen LogP contribution >= 0.6 is 0 Å². The van der Waals surface area contributed by atoms with Gasteiger partial charge in [-0.25, -0.2) is 4.98 Å². The van der Waals surface area contributed by atoms with Crippen molar-refractivity contribution in [1.29, 1.82) is 0 Å². The normalized spacial score (nSPS) is 31.1. The van der Waals surface area contributed by atoms with E-state index in [9.17, 15) is 4.79 Å². The van der Waals surface area contributed by atoms with E-state index < -0.39 is 0 Å². The highest BCUT2D eigenvalue weighted by atomic mass is 16.1. The highest BCUT2D eigenvalue weighted by Crippen LogP contribution is 2.51. The van der Waals surface area contributed by atoms with E-state index in [1.54, 1.807) is 0 Å². The smallest absolute Gasteiger partial charge is 0.254 e. The fourth-order valence-electron chi connectivity index (χ4n) is 3.70. The summed E-state index contributed by atoms with van der Waals surface area (Å²) in [6.07, 6.45) is 6.15. The standard InChI is InChI=1S/C14H20N2O/c1-3-12-8(2)14(17)16-13(15-12)11-7-9-4-5-10(11)6-9/h9-11H,3-7H2,1-2H3,(H,15,16,17). The molecule has 92 valence electrons. The number of fused-ring (bicyclic) bond motifs is 2. The first-order valence-electron chi connectivity index (χ1n) is 6.78. The molecule has 2 bridgehead atoms. The van der Waals surface area contributed by atoms with Gasteiger partial charge in [0.15, 0.2) is 0 Å². The molecule has 1 aromatic heterocycles. The zero-order valence-corrected chi connectivity index (χ0v) is 10.6. The van der Waals surface area contributed by atoms with Crippen molar-refractivity contribution in [3.8, 4) is 0 Å². The molecule has 3 unspecified atom stereocenters. The summed E-state index contributed by atoms with van der Waals surface area (Å²) in [4.78, 5) is 19.6. The summed E-state index contributed by atoms with van der Waals surface area (Å²) in [5, 5.41) is 0. The van der Waals surface area contributed by atoms with E-state index in [1.807, 2.05) is 6.92 Å². The summed E-state index contributed by atoms with van der Waals surface area (Å²) in [5.41, 5.74) is 1.83. The maximum Gasteiger partial charge on any atom is 0.254 e. The zero-order chi connectivity index (χ0) is 12.0. The second kappa shape index (κ2) is 3.97. The Labute approximate surface area is 102 Å². The van der Waals surface area contributed by atoms with Crippen molar-refractivity contribution >= 4 is 0 Å². The van der Waals surface area contributed by atoms with Crippen LogP contribution in [0.25, 0.3) is 0 Å². The molecular formula is C14H20N2O. The molecule has 2 aliphatic rings. The van der Waals surface area contributed by atoms with Crippen LogP contribution in [0.2, 0.25) is 0 Å². The Morgan fingerprint density at radius 3 is 2.76 bits per heavy atom. The Morgan fingerprint density at radius 2 is 2.18 bits per heavy atom. The van der Waals surface area contributed by atoms with E-state index in [0.717, 1.165) is 35.3 Å². The van der Waals surface area contributed by atoms with Gasteiger partial charge in [0.25, 0.3) is 5.56 Å². The van der Waals surface area contributed by atoms with Crippen LogP contribution in [0.1, 0.15) is 55.6 Å². The second-order valence-corrected chi connectivity index (χ2v) is 5.66. The number of aromatic amines is 1. The van der Waals surface area contributed by atoms with Crippen LogP contribution in [0.4, 0.5) is 0 Å². The van der Waals surface area contributed by atoms with E-state index in [1.165, 1.54) is 25.7 Å². The van der Waals surface area contributed by atoms with Crippen molar-refractivity contribution in [3.05, 3.63) is 27.4 Å². The predicted molar refractivity (Wildman–Crippen MR) is 67.2 cm³/mol. The van der Waals surface area contributed by atoms with E-state index in [0.29, 0.717) is 5.92 Å². The number of hydrogen-bond acceptors (Lipinski definition) is 2. The van der Waals surface area contributed by atoms with Gasteiger partial charge in [-0.05, 0) is 44.4 Å². The minimum absolute atomic E-state index is 0.0645. The molecule has 0 spiro atoms. The van der Waals surface area contributed by atoms with Crippen molar-refractivity contribution in [2.45, 2.75) is 51.9 Å². The molecule has 2 aliphatic carbocycles. The second-order valence-electron chi connectivity index (χ2n) is 5.66. The van der Waals surface area contributed by atoms with Gasteiger partial charge in [0.1, 0.15) is 5.82 Å². The fraction of sp³-hybridized carbons (Fsp3) is 0.714. The van der Waals surface area contributed by atoms with E-state index in [-0.39, 0.29) is 5.56 Å². The number of nitrogens with zero attached hydrogens (tertiary/aromatic N) is 1. The van der Waals surface area contributed by atoms with Crippen LogP contribution in [-0.4, -0.2) is 9.97 Å². The Kier molecular flexibility index (Phi) is 2.57. The number of aromatic nitrogens is 2. The molecule has 0 amide bonds. The monoisotopic (exact) mass is 232 g/mol. The van der Waals surface area contributed by atoms with Crippen LogP contribution < -0.4 is 5.56 Å². The van der Waals surface area contributed by atoms with Gasteiger partial charge in [0, 0.05) is 11.5 Å². The van der Waals surface area contributed by atoms with Crippen molar-refractivity contribution < 1.29 is 0 Å². The van der Waals surface area contributed by atoms with Gasteiger partial charge in [-0.15, -0.1) is 0 Å². The van der Waals surface area contributed by atoms with Crippen LogP contribution in [0.5, 0.6) is 0 Å². The molecule has 3 heteroatoms. The zero-order valence-electron chi connectivity index (χ0n) is 10.6. The Balaban J connectivity index is 1.98. The van der Waals surface area contributed by atoms with Crippen LogP contribution in [0, 0.1) is 18.8 Å². The fourth-order valence-corrected chi connectivity index (χ4v) is 3.70. The summed E-state index contributed by atoms with van der Waals surface area (Å²) in [5.74, 6) is 3.15. The average molecular weight is 232 g/mol. The molecule has 3 rings (SSSR count). The van der Waals surface area contributed by atoms with Crippen molar-refractivity contribution in [1.82, 2.24) is 9.97 Å². The molecule has 3 nitrogen and oxygen atoms in total. The van der Waals surface area contributed by atoms with E-state index in [4.69, 9.17) is 4.98 Å². The Morgan fingerprint density at radius 1 is 1.35 bits per heavy atom. The van der Waals surface area contributed by atoms with Gasteiger partial charge in [-0.2, -0.15) is 0 Å². The number of aryl methyl sites for hydroxylation is 1. The molecule has 1 aromatic rings. The maximum atomic E-state index is 11.9. The first kappa shape index (κ1) is 11.0. The molecule has 1 N–H and O–H groups in total. The SMILES string of the molecule is CCc1nc(C2CC3CCC2C3)[nH]c(=O)c1C. The van der Waals surface area contributed by atoms with Gasteiger partial charge in [0.2, 0.25) is 0 Å². The Hall–Kier alpha value is -1.12. The third kappa shape index (κ3) is 1.72. The van der Waals surface area contributed by atoms with Crippen LogP contribution in [0.15, 0.2) is 4.79 Å². The summed E-state index contributed by atoms with van der Waals surface area (Å²) < 4.78 is 0. The number of hydrogen-bond donors (Lipinski definition) is 1. The molecule has 2 saturated carbocycles. The lowest BCUT2D eigenvalue weighted by molar-refractivity contribution is 0.403. The first-order valence-corrected chi connectivity index (χ1v) is 6.78. The molecular weight excluding hydrogens is 212 g/mol. The molecule has 0 aliphatic heterocycles. The topological polar surface area (TPSA) is 45.8 Å². The number of rotatable bonds is 2. The van der Waals surface area contributed by atoms with Gasteiger partial charge in [0.05, 0.1) is 5.69 Å². The van der Waals surface area contributed by atoms with Crippen molar-refractivity contribution in [2.75, 3.05) is 0 Å². The highest BCUT2D eigenvalue weighted by molar-refractivity contribution is 5.18. The molecule has 0 saturated heterocycles. The third-order valence-corrected chi connectivity index (χ3v) is 4.69. The lowest BCUT2D eigenvalue weighted by atomic mass is 9.88. The van der Waals surface area contributed by atoms with E-state index >= 15 is 0 Å². The molecule has 17 heavy (non-hydrogen) atoms. The summed E-state index contributed by atoms with van der Waals surface area (Å²) in [6.45, 7) is 3.94. The van der Waals surface area contributed by atoms with Gasteiger partial charge >= 0.3 is 0 Å². The maximum absolute atomic E-state index is 11.9. The minimum Gasteiger partial charge on any atom is -0.310 e. The molecule has 3 atom stereocenters. The summed E-state index contributed by atoms with van der Waals surface area (Å²) in [7, 11) is 0. The average Bonchev–Trinajstić information content (AvgIpc) is 2.94. The van der Waals surface area contributed by atoms with Gasteiger partial charge in [-0.3, -0.25) is 4.79 Å². The molecule has 0 radical (unpaired) electrons.